The van der Waals surface area contributed by atoms with E-state index in [4.69, 9.17) is 0 Å². The first-order valence-corrected chi connectivity index (χ1v) is 9.39. The Bertz CT molecular complexity index is 621. The Kier molecular flexibility index (Phi) is 7.67. The van der Waals surface area contributed by atoms with Gasteiger partial charge in [-0.25, -0.2) is 0 Å². The van der Waals surface area contributed by atoms with Crippen LogP contribution >= 0.6 is 0 Å². The van der Waals surface area contributed by atoms with Crippen LogP contribution in [0, 0.1) is 17.8 Å². The van der Waals surface area contributed by atoms with Gasteiger partial charge in [-0.1, -0.05) is 75.4 Å². The maximum atomic E-state index is 9.86. The molecule has 0 aromatic heterocycles. The van der Waals surface area contributed by atoms with Gasteiger partial charge in [-0.15, -0.1) is 0 Å². The maximum absolute atomic E-state index is 9.86. The van der Waals surface area contributed by atoms with Crippen molar-refractivity contribution in [3.05, 3.63) is 71.3 Å². The van der Waals surface area contributed by atoms with Crippen LogP contribution < -0.4 is 0 Å². The second-order valence-electron chi connectivity index (χ2n) is 7.59. The zero-order chi connectivity index (χ0) is 18.2. The van der Waals surface area contributed by atoms with E-state index in [0.29, 0.717) is 11.8 Å². The normalized spacial score (nSPS) is 15.1. The Labute approximate surface area is 152 Å². The summed E-state index contributed by atoms with van der Waals surface area (Å²) in [6, 6.07) is 19.0. The van der Waals surface area contributed by atoms with Crippen LogP contribution in [0.5, 0.6) is 0 Å². The minimum Gasteiger partial charge on any atom is -0.396 e. The highest BCUT2D eigenvalue weighted by Gasteiger charge is 2.19. The monoisotopic (exact) mass is 340 g/mol. The number of benzene rings is 2. The molecular formula is C23H32O2. The van der Waals surface area contributed by atoms with Crippen molar-refractivity contribution in [3.8, 4) is 0 Å². The van der Waals surface area contributed by atoms with Crippen molar-refractivity contribution in [1.29, 1.82) is 0 Å². The van der Waals surface area contributed by atoms with Crippen molar-refractivity contribution in [2.75, 3.05) is 13.2 Å². The molecule has 0 heterocycles. The molecule has 2 N–H and O–H groups in total. The van der Waals surface area contributed by atoms with E-state index in [1.807, 2.05) is 6.07 Å². The van der Waals surface area contributed by atoms with Gasteiger partial charge in [0.1, 0.15) is 0 Å². The summed E-state index contributed by atoms with van der Waals surface area (Å²) in [6.07, 6.45) is 1.85. The minimum absolute atomic E-state index is 0.184. The van der Waals surface area contributed by atoms with E-state index in [-0.39, 0.29) is 25.0 Å². The lowest BCUT2D eigenvalue weighted by molar-refractivity contribution is 0.181. The molecule has 25 heavy (non-hydrogen) atoms. The SMILES string of the molecule is CC(C)C(CO)c1cccc(CC(C)C(CO)Cc2ccccc2)c1. The second-order valence-corrected chi connectivity index (χ2v) is 7.59. The molecule has 0 radical (unpaired) electrons. The summed E-state index contributed by atoms with van der Waals surface area (Å²) in [4.78, 5) is 0. The van der Waals surface area contributed by atoms with Crippen molar-refractivity contribution in [2.24, 2.45) is 17.8 Å². The summed E-state index contributed by atoms with van der Waals surface area (Å²) >= 11 is 0. The van der Waals surface area contributed by atoms with Gasteiger partial charge >= 0.3 is 0 Å². The molecule has 2 rings (SSSR count). The summed E-state index contributed by atoms with van der Waals surface area (Å²) in [5.41, 5.74) is 3.78. The van der Waals surface area contributed by atoms with Crippen LogP contribution in [-0.4, -0.2) is 23.4 Å². The van der Waals surface area contributed by atoms with Crippen LogP contribution in [0.4, 0.5) is 0 Å². The standard InChI is InChI=1S/C23H32O2/c1-17(2)23(16-25)21-11-7-10-20(14-21)12-18(3)22(15-24)13-19-8-5-4-6-9-19/h4-11,14,17-18,22-25H,12-13,15-16H2,1-3H3. The van der Waals surface area contributed by atoms with Crippen molar-refractivity contribution in [1.82, 2.24) is 0 Å². The molecule has 0 amide bonds. The first-order valence-electron chi connectivity index (χ1n) is 9.39. The van der Waals surface area contributed by atoms with Gasteiger partial charge < -0.3 is 10.2 Å². The minimum atomic E-state index is 0.184. The third-order valence-corrected chi connectivity index (χ3v) is 5.32. The quantitative estimate of drug-likeness (QED) is 0.708. The van der Waals surface area contributed by atoms with Crippen molar-refractivity contribution in [2.45, 2.75) is 39.5 Å². The average molecular weight is 341 g/mol. The fourth-order valence-corrected chi connectivity index (χ4v) is 3.55. The Balaban J connectivity index is 2.07. The molecule has 2 nitrogen and oxygen atoms in total. The zero-order valence-corrected chi connectivity index (χ0v) is 15.7. The van der Waals surface area contributed by atoms with Gasteiger partial charge in [-0.2, -0.15) is 0 Å². The summed E-state index contributed by atoms with van der Waals surface area (Å²) in [7, 11) is 0. The molecule has 0 spiro atoms. The predicted molar refractivity (Wildman–Crippen MR) is 105 cm³/mol. The van der Waals surface area contributed by atoms with Gasteiger partial charge in [0.2, 0.25) is 0 Å². The van der Waals surface area contributed by atoms with E-state index in [0.717, 1.165) is 12.8 Å². The molecule has 0 fully saturated rings. The molecule has 3 atom stereocenters. The van der Waals surface area contributed by atoms with Crippen molar-refractivity contribution in [3.63, 3.8) is 0 Å². The van der Waals surface area contributed by atoms with E-state index >= 15 is 0 Å². The van der Waals surface area contributed by atoms with Crippen molar-refractivity contribution < 1.29 is 10.2 Å². The number of hydrogen-bond donors (Lipinski definition) is 2. The van der Waals surface area contributed by atoms with Gasteiger partial charge in [0, 0.05) is 12.5 Å². The molecule has 0 aliphatic heterocycles. The summed E-state index contributed by atoms with van der Waals surface area (Å²) in [6.45, 7) is 6.92. The highest BCUT2D eigenvalue weighted by Crippen LogP contribution is 2.27. The number of aliphatic hydroxyl groups is 2. The molecule has 2 heteroatoms. The lowest BCUT2D eigenvalue weighted by Crippen LogP contribution is -2.21. The predicted octanol–water partition coefficient (Wildman–Crippen LogP) is 4.45. The summed E-state index contributed by atoms with van der Waals surface area (Å²) in [5, 5.41) is 19.5. The Hall–Kier alpha value is -1.64. The first-order chi connectivity index (χ1) is 12.0. The van der Waals surface area contributed by atoms with E-state index in [9.17, 15) is 10.2 Å². The third kappa shape index (κ3) is 5.69. The molecule has 0 aliphatic carbocycles. The van der Waals surface area contributed by atoms with E-state index < -0.39 is 0 Å². The molecule has 3 unspecified atom stereocenters. The fourth-order valence-electron chi connectivity index (χ4n) is 3.55. The van der Waals surface area contributed by atoms with Crippen LogP contribution in [0.3, 0.4) is 0 Å². The Morgan fingerprint density at radius 1 is 0.760 bits per heavy atom. The highest BCUT2D eigenvalue weighted by atomic mass is 16.3. The van der Waals surface area contributed by atoms with Gasteiger partial charge in [-0.05, 0) is 47.3 Å². The topological polar surface area (TPSA) is 40.5 Å². The lowest BCUT2D eigenvalue weighted by Gasteiger charge is -2.24. The second kappa shape index (κ2) is 9.74. The number of rotatable bonds is 9. The van der Waals surface area contributed by atoms with Gasteiger partial charge in [0.15, 0.2) is 0 Å². The Morgan fingerprint density at radius 3 is 2.04 bits per heavy atom. The van der Waals surface area contributed by atoms with E-state index in [2.05, 4.69) is 69.3 Å². The Morgan fingerprint density at radius 2 is 1.44 bits per heavy atom. The van der Waals surface area contributed by atoms with E-state index in [1.54, 1.807) is 0 Å². The average Bonchev–Trinajstić information content (AvgIpc) is 2.61. The van der Waals surface area contributed by atoms with Crippen LogP contribution in [0.1, 0.15) is 43.4 Å². The zero-order valence-electron chi connectivity index (χ0n) is 15.7. The molecule has 0 saturated carbocycles. The highest BCUT2D eigenvalue weighted by molar-refractivity contribution is 5.27. The van der Waals surface area contributed by atoms with Gasteiger partial charge in [0.05, 0.1) is 6.61 Å². The summed E-state index contributed by atoms with van der Waals surface area (Å²) < 4.78 is 0. The molecule has 2 aromatic carbocycles. The maximum Gasteiger partial charge on any atom is 0.0502 e. The smallest absolute Gasteiger partial charge is 0.0502 e. The number of hydrogen-bond acceptors (Lipinski definition) is 2. The molecule has 0 bridgehead atoms. The van der Waals surface area contributed by atoms with Gasteiger partial charge in [0.25, 0.3) is 0 Å². The summed E-state index contributed by atoms with van der Waals surface area (Å²) in [5.74, 6) is 1.26. The molecule has 0 aliphatic rings. The van der Waals surface area contributed by atoms with Crippen molar-refractivity contribution >= 4 is 0 Å². The van der Waals surface area contributed by atoms with Crippen LogP contribution in [0.25, 0.3) is 0 Å². The number of aliphatic hydroxyl groups excluding tert-OH is 2. The van der Waals surface area contributed by atoms with E-state index in [1.165, 1.54) is 16.7 Å². The molecule has 136 valence electrons. The molecular weight excluding hydrogens is 308 g/mol. The van der Waals surface area contributed by atoms with Crippen LogP contribution in [-0.2, 0) is 12.8 Å². The lowest BCUT2D eigenvalue weighted by atomic mass is 9.83. The van der Waals surface area contributed by atoms with Crippen LogP contribution in [0.15, 0.2) is 54.6 Å². The third-order valence-electron chi connectivity index (χ3n) is 5.32. The largest absolute Gasteiger partial charge is 0.396 e. The van der Waals surface area contributed by atoms with Gasteiger partial charge in [-0.3, -0.25) is 0 Å². The molecule has 2 aromatic rings. The first kappa shape index (κ1) is 19.7. The van der Waals surface area contributed by atoms with Crippen LogP contribution in [0.2, 0.25) is 0 Å². The molecule has 0 saturated heterocycles. The fraction of sp³-hybridized carbons (Fsp3) is 0.478.